The fourth-order valence-electron chi connectivity index (χ4n) is 3.51. The maximum atomic E-state index is 14.0. The van der Waals surface area contributed by atoms with Gasteiger partial charge in [0.1, 0.15) is 17.4 Å². The van der Waals surface area contributed by atoms with Gasteiger partial charge in [0.05, 0.1) is 25.4 Å². The lowest BCUT2D eigenvalue weighted by Crippen LogP contribution is -2.30. The molecule has 4 rings (SSSR count). The number of oxazole rings is 1. The maximum absolute atomic E-state index is 14.0. The molecule has 33 heavy (non-hydrogen) atoms. The number of carbonyl (C=O) groups excluding carboxylic acids is 1. The Bertz CT molecular complexity index is 1200. The Morgan fingerprint density at radius 3 is 2.58 bits per heavy atom. The van der Waals surface area contributed by atoms with Crippen molar-refractivity contribution in [1.29, 1.82) is 0 Å². The lowest BCUT2D eigenvalue weighted by molar-refractivity contribution is -0.132. The Labute approximate surface area is 194 Å². The van der Waals surface area contributed by atoms with Crippen molar-refractivity contribution < 1.29 is 22.7 Å². The van der Waals surface area contributed by atoms with Gasteiger partial charge in [0.15, 0.2) is 11.7 Å². The molecule has 5 nitrogen and oxygen atoms in total. The Morgan fingerprint density at radius 1 is 1.06 bits per heavy atom. The second kappa shape index (κ2) is 10.4. The number of halogens is 2. The molecule has 0 N–H and O–H groups in total. The number of carbonyl (C=O) groups is 1. The summed E-state index contributed by atoms with van der Waals surface area (Å²) < 4.78 is 39.0. The Kier molecular flexibility index (Phi) is 7.14. The number of para-hydroxylation sites is 1. The van der Waals surface area contributed by atoms with Crippen LogP contribution < -0.4 is 4.74 Å². The first-order valence-corrected chi connectivity index (χ1v) is 11.2. The van der Waals surface area contributed by atoms with Crippen molar-refractivity contribution in [2.45, 2.75) is 25.9 Å². The van der Waals surface area contributed by atoms with E-state index in [-0.39, 0.29) is 36.0 Å². The Hall–Kier alpha value is -3.52. The van der Waals surface area contributed by atoms with Crippen LogP contribution in [0.5, 0.6) is 5.75 Å². The number of ether oxygens (including phenoxy) is 1. The molecule has 0 fully saturated rings. The van der Waals surface area contributed by atoms with Gasteiger partial charge < -0.3 is 14.1 Å². The zero-order valence-corrected chi connectivity index (χ0v) is 18.8. The minimum Gasteiger partial charge on any atom is -0.496 e. The fraction of sp³-hybridized carbons (Fsp3) is 0.200. The van der Waals surface area contributed by atoms with Crippen LogP contribution in [0.3, 0.4) is 0 Å². The third-order valence-corrected chi connectivity index (χ3v) is 6.01. The second-order valence-corrected chi connectivity index (χ2v) is 8.39. The van der Waals surface area contributed by atoms with Gasteiger partial charge >= 0.3 is 0 Å². The van der Waals surface area contributed by atoms with Gasteiger partial charge in [-0.25, -0.2) is 13.8 Å². The number of hydrogen-bond donors (Lipinski definition) is 0. The molecule has 0 aliphatic heterocycles. The molecule has 0 atom stereocenters. The molecule has 0 unspecified atom stereocenters. The molecular formula is C25H22F2N2O3S. The highest BCUT2D eigenvalue weighted by Gasteiger charge is 2.20. The van der Waals surface area contributed by atoms with Crippen molar-refractivity contribution in [3.63, 3.8) is 0 Å². The molecule has 2 heterocycles. The zero-order chi connectivity index (χ0) is 23.2. The van der Waals surface area contributed by atoms with Gasteiger partial charge in [-0.05, 0) is 29.6 Å². The largest absolute Gasteiger partial charge is 0.496 e. The third-order valence-electron chi connectivity index (χ3n) is 5.15. The number of aryl methyl sites for hydroxylation is 1. The van der Waals surface area contributed by atoms with E-state index in [4.69, 9.17) is 9.15 Å². The van der Waals surface area contributed by atoms with Crippen molar-refractivity contribution in [2.75, 3.05) is 7.11 Å². The predicted octanol–water partition coefficient (Wildman–Crippen LogP) is 5.85. The van der Waals surface area contributed by atoms with Crippen LogP contribution in [0.1, 0.15) is 22.8 Å². The highest BCUT2D eigenvalue weighted by molar-refractivity contribution is 7.09. The molecule has 0 spiro atoms. The lowest BCUT2D eigenvalue weighted by Gasteiger charge is -2.23. The van der Waals surface area contributed by atoms with Crippen LogP contribution in [0.25, 0.3) is 11.3 Å². The van der Waals surface area contributed by atoms with Crippen molar-refractivity contribution in [3.8, 4) is 17.1 Å². The van der Waals surface area contributed by atoms with Crippen molar-refractivity contribution in [3.05, 3.63) is 94.1 Å². The summed E-state index contributed by atoms with van der Waals surface area (Å²) in [6, 6.07) is 15.1. The molecule has 2 aromatic carbocycles. The molecular weight excluding hydrogens is 446 g/mol. The molecule has 8 heteroatoms. The normalized spacial score (nSPS) is 10.9. The van der Waals surface area contributed by atoms with Crippen LogP contribution in [0.4, 0.5) is 8.78 Å². The summed E-state index contributed by atoms with van der Waals surface area (Å²) in [6.45, 7) is 0.851. The predicted molar refractivity (Wildman–Crippen MR) is 122 cm³/mol. The zero-order valence-electron chi connectivity index (χ0n) is 18.0. The van der Waals surface area contributed by atoms with E-state index in [9.17, 15) is 13.6 Å². The van der Waals surface area contributed by atoms with Crippen molar-refractivity contribution >= 4 is 17.2 Å². The minimum atomic E-state index is -0.729. The van der Waals surface area contributed by atoms with Crippen molar-refractivity contribution in [2.24, 2.45) is 0 Å². The highest BCUT2D eigenvalue weighted by Crippen LogP contribution is 2.27. The summed E-state index contributed by atoms with van der Waals surface area (Å²) in [6.07, 6.45) is 1.63. The fourth-order valence-corrected chi connectivity index (χ4v) is 4.23. The van der Waals surface area contributed by atoms with Crippen LogP contribution >= 0.6 is 11.3 Å². The molecule has 0 aliphatic carbocycles. The third kappa shape index (κ3) is 5.46. The van der Waals surface area contributed by atoms with E-state index >= 15 is 0 Å². The van der Waals surface area contributed by atoms with E-state index < -0.39 is 11.6 Å². The number of methoxy groups -OCH3 is 1. The average Bonchev–Trinajstić information content (AvgIpc) is 3.50. The van der Waals surface area contributed by atoms with Gasteiger partial charge in [-0.2, -0.15) is 0 Å². The van der Waals surface area contributed by atoms with E-state index in [1.165, 1.54) is 12.3 Å². The monoisotopic (exact) mass is 468 g/mol. The highest BCUT2D eigenvalue weighted by atomic mass is 32.1. The van der Waals surface area contributed by atoms with Gasteiger partial charge in [-0.3, -0.25) is 4.79 Å². The molecule has 0 aliphatic rings. The molecule has 0 radical (unpaired) electrons. The van der Waals surface area contributed by atoms with Crippen LogP contribution in [0.15, 0.2) is 70.6 Å². The van der Waals surface area contributed by atoms with E-state index in [0.717, 1.165) is 22.6 Å². The first-order valence-electron chi connectivity index (χ1n) is 10.4. The molecule has 0 saturated heterocycles. The summed E-state index contributed by atoms with van der Waals surface area (Å²) in [5.41, 5.74) is 0.636. The average molecular weight is 469 g/mol. The number of thiophene rings is 1. The van der Waals surface area contributed by atoms with E-state index in [0.29, 0.717) is 18.8 Å². The number of hydrogen-bond acceptors (Lipinski definition) is 5. The van der Waals surface area contributed by atoms with Gasteiger partial charge in [0.25, 0.3) is 0 Å². The minimum absolute atomic E-state index is 0.00230. The first-order chi connectivity index (χ1) is 16.0. The smallest absolute Gasteiger partial charge is 0.223 e. The molecule has 0 bridgehead atoms. The van der Waals surface area contributed by atoms with Gasteiger partial charge in [-0.15, -0.1) is 11.3 Å². The molecule has 0 saturated carbocycles. The molecule has 170 valence electrons. The SMILES string of the molecule is COc1ccccc1CN(Cc1cccs1)C(=O)CCc1ncc(-c2c(F)cccc2F)o1. The summed E-state index contributed by atoms with van der Waals surface area (Å²) in [5, 5.41) is 1.97. The van der Waals surface area contributed by atoms with Gasteiger partial charge in [0.2, 0.25) is 5.91 Å². The number of amides is 1. The molecule has 1 amide bonds. The van der Waals surface area contributed by atoms with Gasteiger partial charge in [0, 0.05) is 29.8 Å². The number of nitrogens with zero attached hydrogens (tertiary/aromatic N) is 2. The van der Waals surface area contributed by atoms with E-state index in [2.05, 4.69) is 4.98 Å². The second-order valence-electron chi connectivity index (χ2n) is 7.36. The Morgan fingerprint density at radius 2 is 1.85 bits per heavy atom. The van der Waals surface area contributed by atoms with Crippen LogP contribution in [0, 0.1) is 11.6 Å². The van der Waals surface area contributed by atoms with Gasteiger partial charge in [-0.1, -0.05) is 30.3 Å². The number of benzene rings is 2. The maximum Gasteiger partial charge on any atom is 0.223 e. The molecule has 2 aromatic heterocycles. The molecule has 4 aromatic rings. The number of rotatable bonds is 9. The van der Waals surface area contributed by atoms with Crippen LogP contribution in [-0.2, 0) is 24.3 Å². The Balaban J connectivity index is 1.47. The summed E-state index contributed by atoms with van der Waals surface area (Å²) in [5.74, 6) is -0.593. The topological polar surface area (TPSA) is 55.6 Å². The summed E-state index contributed by atoms with van der Waals surface area (Å²) in [4.78, 5) is 20.1. The van der Waals surface area contributed by atoms with Crippen LogP contribution in [0.2, 0.25) is 0 Å². The van der Waals surface area contributed by atoms with Crippen molar-refractivity contribution in [1.82, 2.24) is 9.88 Å². The summed E-state index contributed by atoms with van der Waals surface area (Å²) in [7, 11) is 1.60. The summed E-state index contributed by atoms with van der Waals surface area (Å²) >= 11 is 1.58. The number of aromatic nitrogens is 1. The van der Waals surface area contributed by atoms with E-state index in [1.807, 2.05) is 41.8 Å². The first kappa shape index (κ1) is 22.7. The quantitative estimate of drug-likeness (QED) is 0.309. The standard InChI is InChI=1S/C25H22F2N2O3S/c1-31-21-10-3-2-6-17(21)15-29(16-18-7-5-13-33-18)24(30)12-11-23-28-14-22(32-23)25-19(26)8-4-9-20(25)27/h2-10,13-14H,11-12,15-16H2,1H3. The van der Waals surface area contributed by atoms with Crippen LogP contribution in [-0.4, -0.2) is 22.9 Å². The lowest BCUT2D eigenvalue weighted by atomic mass is 10.1. The van der Waals surface area contributed by atoms with E-state index in [1.54, 1.807) is 23.3 Å².